The van der Waals surface area contributed by atoms with Gasteiger partial charge in [-0.1, -0.05) is 30.7 Å². The highest BCUT2D eigenvalue weighted by Gasteiger charge is 2.39. The molecule has 2 aromatic rings. The van der Waals surface area contributed by atoms with Crippen LogP contribution in [-0.2, 0) is 9.59 Å². The Labute approximate surface area is 198 Å². The number of hydroxylamine groups is 1. The standard InChI is InChI=1S/C25H31N5O4/c26-13-22(25(33)30-34)29-24(32)18-5-3-16(4-6-18)17-7-9-20(10-8-17)28-23(31)14-27-21-12-15-1-2-19(21)11-15/h3-10,15,19,21-22,27,34H,1-2,11-14,26H2,(H,28,31)(H,29,32)(H,30,33)/t15-,19+,21+,22-/m0/s1. The van der Waals surface area contributed by atoms with E-state index in [2.05, 4.69) is 16.0 Å². The van der Waals surface area contributed by atoms with Crippen molar-refractivity contribution in [1.29, 1.82) is 0 Å². The molecule has 0 aliphatic heterocycles. The van der Waals surface area contributed by atoms with Crippen LogP contribution >= 0.6 is 0 Å². The van der Waals surface area contributed by atoms with Crippen molar-refractivity contribution in [3.63, 3.8) is 0 Å². The van der Waals surface area contributed by atoms with Crippen molar-refractivity contribution in [2.45, 2.75) is 37.8 Å². The highest BCUT2D eigenvalue weighted by molar-refractivity contribution is 5.98. The van der Waals surface area contributed by atoms with E-state index in [1.54, 1.807) is 24.3 Å². The van der Waals surface area contributed by atoms with Crippen molar-refractivity contribution < 1.29 is 19.6 Å². The molecule has 7 N–H and O–H groups in total. The lowest BCUT2D eigenvalue weighted by atomic mass is 9.95. The van der Waals surface area contributed by atoms with Crippen LogP contribution in [0, 0.1) is 11.8 Å². The second kappa shape index (κ2) is 10.8. The van der Waals surface area contributed by atoms with Gasteiger partial charge in [0.25, 0.3) is 11.8 Å². The van der Waals surface area contributed by atoms with Crippen molar-refractivity contribution in [2.24, 2.45) is 17.6 Å². The van der Waals surface area contributed by atoms with E-state index >= 15 is 0 Å². The first-order valence-electron chi connectivity index (χ1n) is 11.7. The molecule has 2 aliphatic rings. The summed E-state index contributed by atoms with van der Waals surface area (Å²) in [5.41, 5.74) is 9.87. The van der Waals surface area contributed by atoms with Crippen molar-refractivity contribution in [3.05, 3.63) is 54.1 Å². The lowest BCUT2D eigenvalue weighted by Gasteiger charge is -2.22. The highest BCUT2D eigenvalue weighted by Crippen LogP contribution is 2.44. The maximum Gasteiger partial charge on any atom is 0.267 e. The van der Waals surface area contributed by atoms with Gasteiger partial charge in [0.1, 0.15) is 6.04 Å². The summed E-state index contributed by atoms with van der Waals surface area (Å²) in [5, 5.41) is 17.5. The first kappa shape index (κ1) is 23.9. The average Bonchev–Trinajstić information content (AvgIpc) is 3.50. The summed E-state index contributed by atoms with van der Waals surface area (Å²) >= 11 is 0. The number of rotatable bonds is 9. The highest BCUT2D eigenvalue weighted by atomic mass is 16.5. The van der Waals surface area contributed by atoms with Crippen molar-refractivity contribution in [1.82, 2.24) is 16.1 Å². The van der Waals surface area contributed by atoms with Crippen LogP contribution in [-0.4, -0.2) is 48.1 Å². The molecule has 0 aromatic heterocycles. The second-order valence-electron chi connectivity index (χ2n) is 9.10. The number of fused-ring (bicyclic) bond motifs is 2. The maximum atomic E-state index is 12.3. The summed E-state index contributed by atoms with van der Waals surface area (Å²) in [7, 11) is 0. The molecule has 2 aliphatic carbocycles. The first-order chi connectivity index (χ1) is 16.5. The minimum absolute atomic E-state index is 0.0449. The summed E-state index contributed by atoms with van der Waals surface area (Å²) in [6.07, 6.45) is 5.13. The lowest BCUT2D eigenvalue weighted by molar-refractivity contribution is -0.130. The van der Waals surface area contributed by atoms with Crippen LogP contribution in [0.15, 0.2) is 48.5 Å². The molecule has 2 bridgehead atoms. The van der Waals surface area contributed by atoms with E-state index in [9.17, 15) is 14.4 Å². The molecule has 34 heavy (non-hydrogen) atoms. The Morgan fingerprint density at radius 3 is 2.21 bits per heavy atom. The minimum Gasteiger partial charge on any atom is -0.339 e. The average molecular weight is 466 g/mol. The molecule has 4 rings (SSSR count). The van der Waals surface area contributed by atoms with Gasteiger partial charge in [0, 0.05) is 23.8 Å². The van der Waals surface area contributed by atoms with Crippen LogP contribution in [0.3, 0.4) is 0 Å². The maximum absolute atomic E-state index is 12.3. The topological polar surface area (TPSA) is 146 Å². The lowest BCUT2D eigenvalue weighted by Crippen LogP contribution is -2.50. The van der Waals surface area contributed by atoms with E-state index in [1.165, 1.54) is 31.2 Å². The fourth-order valence-electron chi connectivity index (χ4n) is 5.03. The zero-order chi connectivity index (χ0) is 24.1. The molecule has 0 heterocycles. The van der Waals surface area contributed by atoms with E-state index in [4.69, 9.17) is 10.9 Å². The molecule has 2 fully saturated rings. The number of hydrogen-bond donors (Lipinski definition) is 6. The third-order valence-corrected chi connectivity index (χ3v) is 6.88. The van der Waals surface area contributed by atoms with Crippen LogP contribution < -0.4 is 27.2 Å². The van der Waals surface area contributed by atoms with Crippen LogP contribution in [0.25, 0.3) is 11.1 Å². The van der Waals surface area contributed by atoms with Gasteiger partial charge in [-0.05, 0) is 66.5 Å². The van der Waals surface area contributed by atoms with E-state index in [1.807, 2.05) is 24.3 Å². The van der Waals surface area contributed by atoms with Crippen LogP contribution in [0.2, 0.25) is 0 Å². The summed E-state index contributed by atoms with van der Waals surface area (Å²) in [5.74, 6) is 0.286. The molecule has 9 heteroatoms. The number of benzene rings is 2. The van der Waals surface area contributed by atoms with E-state index in [0.29, 0.717) is 18.2 Å². The molecule has 180 valence electrons. The fraction of sp³-hybridized carbons (Fsp3) is 0.400. The van der Waals surface area contributed by atoms with Gasteiger partial charge in [-0.2, -0.15) is 0 Å². The molecule has 4 atom stereocenters. The summed E-state index contributed by atoms with van der Waals surface area (Å²) in [4.78, 5) is 36.1. The predicted molar refractivity (Wildman–Crippen MR) is 128 cm³/mol. The second-order valence-corrected chi connectivity index (χ2v) is 9.10. The number of carbonyl (C=O) groups excluding carboxylic acids is 3. The number of anilines is 1. The Bertz CT molecular complexity index is 1020. The van der Waals surface area contributed by atoms with E-state index in [-0.39, 0.29) is 12.5 Å². The Balaban J connectivity index is 1.28. The van der Waals surface area contributed by atoms with Crippen molar-refractivity contribution in [2.75, 3.05) is 18.4 Å². The zero-order valence-electron chi connectivity index (χ0n) is 18.9. The van der Waals surface area contributed by atoms with E-state index in [0.717, 1.165) is 28.7 Å². The van der Waals surface area contributed by atoms with E-state index < -0.39 is 17.9 Å². The van der Waals surface area contributed by atoms with Gasteiger partial charge in [0.15, 0.2) is 0 Å². The number of nitrogens with two attached hydrogens (primary N) is 1. The number of hydrogen-bond acceptors (Lipinski definition) is 6. The zero-order valence-corrected chi connectivity index (χ0v) is 18.9. The first-order valence-corrected chi connectivity index (χ1v) is 11.7. The molecular formula is C25H31N5O4. The smallest absolute Gasteiger partial charge is 0.267 e. The normalized spacial score (nSPS) is 21.6. The van der Waals surface area contributed by atoms with Gasteiger partial charge >= 0.3 is 0 Å². The minimum atomic E-state index is -1.02. The number of nitrogens with one attached hydrogen (secondary N) is 4. The largest absolute Gasteiger partial charge is 0.339 e. The fourth-order valence-corrected chi connectivity index (χ4v) is 5.03. The third kappa shape index (κ3) is 5.61. The molecule has 0 unspecified atom stereocenters. The summed E-state index contributed by atoms with van der Waals surface area (Å²) in [6.45, 7) is 0.181. The molecule has 3 amide bonds. The van der Waals surface area contributed by atoms with Gasteiger partial charge in [-0.15, -0.1) is 0 Å². The van der Waals surface area contributed by atoms with Crippen molar-refractivity contribution in [3.8, 4) is 11.1 Å². The third-order valence-electron chi connectivity index (χ3n) is 6.88. The summed E-state index contributed by atoms with van der Waals surface area (Å²) < 4.78 is 0. The Hall–Kier alpha value is -3.27. The van der Waals surface area contributed by atoms with Gasteiger partial charge in [-0.25, -0.2) is 5.48 Å². The molecular weight excluding hydrogens is 434 g/mol. The Kier molecular flexibility index (Phi) is 7.56. The quantitative estimate of drug-likeness (QED) is 0.245. The monoisotopic (exact) mass is 465 g/mol. The number of carbonyl (C=O) groups is 3. The molecule has 2 saturated carbocycles. The van der Waals surface area contributed by atoms with Gasteiger partial charge in [0.05, 0.1) is 6.54 Å². The van der Waals surface area contributed by atoms with Crippen molar-refractivity contribution >= 4 is 23.4 Å². The van der Waals surface area contributed by atoms with Crippen LogP contribution in [0.5, 0.6) is 0 Å². The Morgan fingerprint density at radius 2 is 1.65 bits per heavy atom. The van der Waals surface area contributed by atoms with Crippen LogP contribution in [0.4, 0.5) is 5.69 Å². The van der Waals surface area contributed by atoms with Gasteiger partial charge in [-0.3, -0.25) is 19.6 Å². The molecule has 2 aromatic carbocycles. The molecule has 9 nitrogen and oxygen atoms in total. The SMILES string of the molecule is NC[C@H](NC(=O)c1ccc(-c2ccc(NC(=O)CN[C@@H]3C[C@H]4CC[C@@H]3C4)cc2)cc1)C(=O)NO. The molecule has 0 spiro atoms. The predicted octanol–water partition coefficient (Wildman–Crippen LogP) is 1.63. The summed E-state index contributed by atoms with van der Waals surface area (Å²) in [6, 6.07) is 13.9. The molecule has 0 radical (unpaired) electrons. The number of amides is 3. The van der Waals surface area contributed by atoms with Gasteiger partial charge < -0.3 is 21.7 Å². The molecule has 0 saturated heterocycles. The van der Waals surface area contributed by atoms with Gasteiger partial charge in [0.2, 0.25) is 5.91 Å². The Morgan fingerprint density at radius 1 is 0.971 bits per heavy atom. The van der Waals surface area contributed by atoms with Crippen LogP contribution in [0.1, 0.15) is 36.0 Å².